The first-order valence-corrected chi connectivity index (χ1v) is 5.54. The molecule has 19 heavy (non-hydrogen) atoms. The van der Waals surface area contributed by atoms with Gasteiger partial charge in [0.25, 0.3) is 0 Å². The Hall–Kier alpha value is -2.89. The van der Waals surface area contributed by atoms with Crippen LogP contribution in [0.5, 0.6) is 11.5 Å². The molecule has 0 unspecified atom stereocenters. The third-order valence-electron chi connectivity index (χ3n) is 2.15. The van der Waals surface area contributed by atoms with Gasteiger partial charge in [0.1, 0.15) is 11.5 Å². The van der Waals surface area contributed by atoms with Crippen LogP contribution < -0.4 is 16.2 Å². The van der Waals surface area contributed by atoms with Crippen LogP contribution in [-0.4, -0.2) is 17.2 Å². The molecule has 6 heteroatoms. The van der Waals surface area contributed by atoms with Crippen molar-refractivity contribution in [3.05, 3.63) is 54.4 Å². The lowest BCUT2D eigenvalue weighted by molar-refractivity contribution is 0.479. The molecule has 0 atom stereocenters. The van der Waals surface area contributed by atoms with E-state index in [1.807, 2.05) is 30.3 Å². The summed E-state index contributed by atoms with van der Waals surface area (Å²) in [4.78, 5) is 3.98. The van der Waals surface area contributed by atoms with Crippen LogP contribution in [0.2, 0.25) is 0 Å². The third-order valence-corrected chi connectivity index (χ3v) is 2.15. The highest BCUT2D eigenvalue weighted by atomic mass is 16.5. The minimum Gasteiger partial charge on any atom is -0.455 e. The topological polar surface area (TPSA) is 98.9 Å². The first-order valence-electron chi connectivity index (χ1n) is 5.54. The molecular weight excluding hydrogens is 242 g/mol. The van der Waals surface area contributed by atoms with Crippen LogP contribution in [-0.2, 0) is 0 Å². The van der Waals surface area contributed by atoms with E-state index in [0.29, 0.717) is 11.5 Å². The zero-order chi connectivity index (χ0) is 13.5. The SMILES string of the molecule is NC(N)=NN=Cc1ccccc1Oc1cccnc1. The highest BCUT2D eigenvalue weighted by Gasteiger charge is 2.02. The molecule has 96 valence electrons. The molecule has 2 rings (SSSR count). The smallest absolute Gasteiger partial charge is 0.211 e. The number of pyridine rings is 1. The number of rotatable bonds is 4. The van der Waals surface area contributed by atoms with E-state index in [9.17, 15) is 0 Å². The number of guanidine groups is 1. The Morgan fingerprint density at radius 3 is 2.74 bits per heavy atom. The van der Waals surface area contributed by atoms with E-state index >= 15 is 0 Å². The summed E-state index contributed by atoms with van der Waals surface area (Å²) in [7, 11) is 0. The normalized spacial score (nSPS) is 10.3. The Labute approximate surface area is 110 Å². The van der Waals surface area contributed by atoms with E-state index in [2.05, 4.69) is 15.2 Å². The summed E-state index contributed by atoms with van der Waals surface area (Å²) in [6.45, 7) is 0. The maximum Gasteiger partial charge on any atom is 0.211 e. The lowest BCUT2D eigenvalue weighted by Crippen LogP contribution is -2.21. The maximum absolute atomic E-state index is 5.70. The Morgan fingerprint density at radius 2 is 2.00 bits per heavy atom. The van der Waals surface area contributed by atoms with E-state index in [0.717, 1.165) is 5.56 Å². The van der Waals surface area contributed by atoms with Crippen LogP contribution >= 0.6 is 0 Å². The van der Waals surface area contributed by atoms with Crippen LogP contribution in [0.4, 0.5) is 0 Å². The maximum atomic E-state index is 5.70. The predicted octanol–water partition coefficient (Wildman–Crippen LogP) is 1.48. The number of nitrogens with zero attached hydrogens (tertiary/aromatic N) is 3. The van der Waals surface area contributed by atoms with Gasteiger partial charge in [-0.25, -0.2) is 0 Å². The van der Waals surface area contributed by atoms with Gasteiger partial charge in [0.15, 0.2) is 0 Å². The van der Waals surface area contributed by atoms with Crippen molar-refractivity contribution in [2.24, 2.45) is 21.7 Å². The van der Waals surface area contributed by atoms with Crippen LogP contribution in [0.3, 0.4) is 0 Å². The summed E-state index contributed by atoms with van der Waals surface area (Å²) in [6, 6.07) is 11.0. The van der Waals surface area contributed by atoms with Crippen molar-refractivity contribution >= 4 is 12.2 Å². The van der Waals surface area contributed by atoms with Gasteiger partial charge in [0, 0.05) is 11.8 Å². The highest BCUT2D eigenvalue weighted by molar-refractivity contribution is 5.84. The number of nitrogens with two attached hydrogens (primary N) is 2. The van der Waals surface area contributed by atoms with Gasteiger partial charge in [-0.15, -0.1) is 5.10 Å². The van der Waals surface area contributed by atoms with Crippen molar-refractivity contribution in [3.63, 3.8) is 0 Å². The van der Waals surface area contributed by atoms with Gasteiger partial charge in [-0.05, 0) is 24.3 Å². The first-order chi connectivity index (χ1) is 9.25. The molecular formula is C13H13N5O. The van der Waals surface area contributed by atoms with E-state index in [1.54, 1.807) is 18.5 Å². The van der Waals surface area contributed by atoms with Gasteiger partial charge in [-0.3, -0.25) is 4.98 Å². The van der Waals surface area contributed by atoms with Crippen LogP contribution in [0, 0.1) is 0 Å². The van der Waals surface area contributed by atoms with E-state index in [-0.39, 0.29) is 5.96 Å². The molecule has 0 aliphatic rings. The fourth-order valence-corrected chi connectivity index (χ4v) is 1.37. The molecule has 0 aliphatic heterocycles. The number of para-hydroxylation sites is 1. The summed E-state index contributed by atoms with van der Waals surface area (Å²) in [6.07, 6.45) is 4.83. The second-order valence-electron chi connectivity index (χ2n) is 3.60. The molecule has 2 aromatic rings. The second-order valence-corrected chi connectivity index (χ2v) is 3.60. The molecule has 0 saturated carbocycles. The Morgan fingerprint density at radius 1 is 1.16 bits per heavy atom. The van der Waals surface area contributed by atoms with Gasteiger partial charge in [0.2, 0.25) is 5.96 Å². The largest absolute Gasteiger partial charge is 0.455 e. The van der Waals surface area contributed by atoms with Gasteiger partial charge < -0.3 is 16.2 Å². The highest BCUT2D eigenvalue weighted by Crippen LogP contribution is 2.23. The van der Waals surface area contributed by atoms with Crippen molar-refractivity contribution in [2.75, 3.05) is 0 Å². The van der Waals surface area contributed by atoms with Crippen molar-refractivity contribution in [3.8, 4) is 11.5 Å². The average Bonchev–Trinajstić information content (AvgIpc) is 2.41. The minimum absolute atomic E-state index is 0.0955. The number of ether oxygens (including phenoxy) is 1. The van der Waals surface area contributed by atoms with Gasteiger partial charge in [-0.1, -0.05) is 12.1 Å². The van der Waals surface area contributed by atoms with Crippen LogP contribution in [0.15, 0.2) is 59.0 Å². The van der Waals surface area contributed by atoms with Crippen molar-refractivity contribution in [1.82, 2.24) is 4.98 Å². The molecule has 1 aromatic heterocycles. The number of aromatic nitrogens is 1. The molecule has 6 nitrogen and oxygen atoms in total. The van der Waals surface area contributed by atoms with Gasteiger partial charge in [0.05, 0.1) is 12.4 Å². The van der Waals surface area contributed by atoms with Gasteiger partial charge >= 0.3 is 0 Å². The number of hydrogen-bond donors (Lipinski definition) is 2. The Kier molecular flexibility index (Phi) is 4.07. The van der Waals surface area contributed by atoms with E-state index < -0.39 is 0 Å². The molecule has 1 aromatic carbocycles. The molecule has 0 bridgehead atoms. The summed E-state index contributed by atoms with van der Waals surface area (Å²) in [5, 5.41) is 7.30. The Bertz CT molecular complexity index is 591. The Balaban J connectivity index is 2.21. The zero-order valence-electron chi connectivity index (χ0n) is 10.1. The molecule has 0 amide bonds. The molecule has 0 radical (unpaired) electrons. The number of hydrogen-bond acceptors (Lipinski definition) is 4. The van der Waals surface area contributed by atoms with Crippen LogP contribution in [0.1, 0.15) is 5.56 Å². The van der Waals surface area contributed by atoms with E-state index in [4.69, 9.17) is 16.2 Å². The van der Waals surface area contributed by atoms with Crippen LogP contribution in [0.25, 0.3) is 0 Å². The molecule has 1 heterocycles. The summed E-state index contributed by atoms with van der Waals surface area (Å²) in [5.74, 6) is 1.19. The quantitative estimate of drug-likeness (QED) is 0.491. The lowest BCUT2D eigenvalue weighted by atomic mass is 10.2. The fraction of sp³-hybridized carbons (Fsp3) is 0. The van der Waals surface area contributed by atoms with Crippen molar-refractivity contribution in [2.45, 2.75) is 0 Å². The lowest BCUT2D eigenvalue weighted by Gasteiger charge is -2.07. The third kappa shape index (κ3) is 3.81. The monoisotopic (exact) mass is 255 g/mol. The molecule has 0 spiro atoms. The molecule has 0 fully saturated rings. The standard InChI is InChI=1S/C13H13N5O/c14-13(15)18-17-8-10-4-1-2-6-12(10)19-11-5-3-7-16-9-11/h1-9H,(H4,14,15,18). The summed E-state index contributed by atoms with van der Waals surface area (Å²) in [5.41, 5.74) is 11.1. The summed E-state index contributed by atoms with van der Waals surface area (Å²) < 4.78 is 5.70. The van der Waals surface area contributed by atoms with Gasteiger partial charge in [-0.2, -0.15) is 5.10 Å². The molecule has 0 aliphatic carbocycles. The van der Waals surface area contributed by atoms with E-state index in [1.165, 1.54) is 6.21 Å². The average molecular weight is 255 g/mol. The predicted molar refractivity (Wildman–Crippen MR) is 74.2 cm³/mol. The van der Waals surface area contributed by atoms with Crippen molar-refractivity contribution < 1.29 is 4.74 Å². The first kappa shape index (κ1) is 12.6. The number of benzene rings is 1. The zero-order valence-corrected chi connectivity index (χ0v) is 10.1. The molecule has 0 saturated heterocycles. The second kappa shape index (κ2) is 6.15. The fourth-order valence-electron chi connectivity index (χ4n) is 1.37. The summed E-state index contributed by atoms with van der Waals surface area (Å²) >= 11 is 0. The molecule has 4 N–H and O–H groups in total. The van der Waals surface area contributed by atoms with Crippen molar-refractivity contribution in [1.29, 1.82) is 0 Å². The minimum atomic E-state index is -0.0955.